The van der Waals surface area contributed by atoms with Gasteiger partial charge in [0.2, 0.25) is 0 Å². The zero-order valence-electron chi connectivity index (χ0n) is 19.0. The number of methoxy groups -OCH3 is 2. The number of Topliss-reactive ketones (excluding diaryl/α,β-unsaturated/α-hetero) is 1. The summed E-state index contributed by atoms with van der Waals surface area (Å²) in [5.74, 6) is -2.48. The standard InChI is InChI=1S/C26H20F3NO6/c1-35-18-9-6-14(7-10-18)23(32)21-22(15-8-11-19(31)20(12-15)36-2)30(25(34)24(21)33)17-5-3-4-16(13-17)26(27,28)29/h3-13,22,31-32H,1-2H3. The van der Waals surface area contributed by atoms with Crippen LogP contribution in [0.3, 0.4) is 0 Å². The fraction of sp³-hybridized carbons (Fsp3) is 0.154. The highest BCUT2D eigenvalue weighted by molar-refractivity contribution is 6.51. The second kappa shape index (κ2) is 9.29. The summed E-state index contributed by atoms with van der Waals surface area (Å²) in [4.78, 5) is 27.2. The second-order valence-corrected chi connectivity index (χ2v) is 7.88. The minimum Gasteiger partial charge on any atom is -0.507 e. The Balaban J connectivity index is 1.96. The van der Waals surface area contributed by atoms with Crippen molar-refractivity contribution < 1.29 is 42.4 Å². The molecule has 0 aromatic heterocycles. The summed E-state index contributed by atoms with van der Waals surface area (Å²) in [7, 11) is 2.74. The first-order valence-corrected chi connectivity index (χ1v) is 10.6. The van der Waals surface area contributed by atoms with E-state index in [9.17, 15) is 33.0 Å². The first-order chi connectivity index (χ1) is 17.1. The first kappa shape index (κ1) is 24.6. The van der Waals surface area contributed by atoms with Gasteiger partial charge in [0.05, 0.1) is 31.4 Å². The third-order valence-corrected chi connectivity index (χ3v) is 5.78. The molecule has 0 aliphatic carbocycles. The van der Waals surface area contributed by atoms with E-state index in [0.29, 0.717) is 5.75 Å². The summed E-state index contributed by atoms with van der Waals surface area (Å²) < 4.78 is 50.4. The van der Waals surface area contributed by atoms with Crippen LogP contribution in [0.1, 0.15) is 22.7 Å². The van der Waals surface area contributed by atoms with Gasteiger partial charge < -0.3 is 19.7 Å². The van der Waals surface area contributed by atoms with E-state index >= 15 is 0 Å². The molecule has 10 heteroatoms. The predicted molar refractivity (Wildman–Crippen MR) is 124 cm³/mol. The fourth-order valence-electron chi connectivity index (χ4n) is 4.02. The molecule has 36 heavy (non-hydrogen) atoms. The van der Waals surface area contributed by atoms with E-state index < -0.39 is 35.2 Å². The van der Waals surface area contributed by atoms with Crippen molar-refractivity contribution in [3.05, 3.63) is 89.0 Å². The molecule has 1 saturated heterocycles. The number of carbonyl (C=O) groups is 2. The normalized spacial score (nSPS) is 17.4. The maximum atomic E-state index is 13.4. The Kier molecular flexibility index (Phi) is 6.36. The number of phenols is 1. The second-order valence-electron chi connectivity index (χ2n) is 7.88. The summed E-state index contributed by atoms with van der Waals surface area (Å²) in [6.45, 7) is 0. The fourth-order valence-corrected chi connectivity index (χ4v) is 4.02. The van der Waals surface area contributed by atoms with Crippen LogP contribution in [0.25, 0.3) is 5.76 Å². The van der Waals surface area contributed by atoms with Crippen molar-refractivity contribution in [3.8, 4) is 17.2 Å². The van der Waals surface area contributed by atoms with Gasteiger partial charge in [-0.15, -0.1) is 0 Å². The molecule has 2 N–H and O–H groups in total. The molecule has 3 aromatic carbocycles. The van der Waals surface area contributed by atoms with Crippen molar-refractivity contribution >= 4 is 23.1 Å². The van der Waals surface area contributed by atoms with Crippen LogP contribution < -0.4 is 14.4 Å². The van der Waals surface area contributed by atoms with Gasteiger partial charge in [0.15, 0.2) is 11.5 Å². The quantitative estimate of drug-likeness (QED) is 0.290. The van der Waals surface area contributed by atoms with Crippen LogP contribution in [0, 0.1) is 0 Å². The molecule has 186 valence electrons. The molecule has 1 aliphatic rings. The molecule has 1 unspecified atom stereocenters. The molecule has 1 amide bonds. The molecule has 0 spiro atoms. The number of halogens is 3. The van der Waals surface area contributed by atoms with Crippen molar-refractivity contribution in [2.75, 3.05) is 19.1 Å². The van der Waals surface area contributed by atoms with Crippen LogP contribution in [-0.2, 0) is 15.8 Å². The van der Waals surface area contributed by atoms with Gasteiger partial charge in [-0.3, -0.25) is 14.5 Å². The molecule has 0 bridgehead atoms. The maximum Gasteiger partial charge on any atom is 0.416 e. The minimum absolute atomic E-state index is 0.00609. The number of aliphatic hydroxyl groups excluding tert-OH is 1. The molecular weight excluding hydrogens is 479 g/mol. The van der Waals surface area contributed by atoms with Crippen LogP contribution in [0.4, 0.5) is 18.9 Å². The third kappa shape index (κ3) is 4.33. The van der Waals surface area contributed by atoms with Crippen molar-refractivity contribution in [2.24, 2.45) is 0 Å². The monoisotopic (exact) mass is 499 g/mol. The minimum atomic E-state index is -4.69. The van der Waals surface area contributed by atoms with Gasteiger partial charge in [0.25, 0.3) is 11.7 Å². The number of aromatic hydroxyl groups is 1. The van der Waals surface area contributed by atoms with Crippen LogP contribution >= 0.6 is 0 Å². The molecule has 0 saturated carbocycles. The van der Waals surface area contributed by atoms with E-state index in [-0.39, 0.29) is 33.9 Å². The van der Waals surface area contributed by atoms with E-state index in [4.69, 9.17) is 9.47 Å². The summed E-state index contributed by atoms with van der Waals surface area (Å²) in [6.07, 6.45) is -4.69. The van der Waals surface area contributed by atoms with E-state index in [1.165, 1.54) is 62.8 Å². The number of hydrogen-bond donors (Lipinski definition) is 2. The summed E-state index contributed by atoms with van der Waals surface area (Å²) in [5, 5.41) is 21.1. The number of alkyl halides is 3. The molecule has 1 heterocycles. The lowest BCUT2D eigenvalue weighted by atomic mass is 9.94. The molecule has 3 aromatic rings. The number of ketones is 1. The maximum absolute atomic E-state index is 13.4. The Labute approximate surface area is 203 Å². The molecule has 4 rings (SSSR count). The first-order valence-electron chi connectivity index (χ1n) is 10.6. The highest BCUT2D eigenvalue weighted by Gasteiger charge is 2.47. The van der Waals surface area contributed by atoms with Gasteiger partial charge in [-0.2, -0.15) is 13.2 Å². The summed E-state index contributed by atoms with van der Waals surface area (Å²) >= 11 is 0. The number of amides is 1. The molecule has 1 fully saturated rings. The van der Waals surface area contributed by atoms with Crippen molar-refractivity contribution in [3.63, 3.8) is 0 Å². The third-order valence-electron chi connectivity index (χ3n) is 5.78. The zero-order valence-corrected chi connectivity index (χ0v) is 19.0. The van der Waals surface area contributed by atoms with Crippen LogP contribution in [0.2, 0.25) is 0 Å². The Morgan fingerprint density at radius 1 is 0.944 bits per heavy atom. The topological polar surface area (TPSA) is 96.3 Å². The lowest BCUT2D eigenvalue weighted by molar-refractivity contribution is -0.137. The lowest BCUT2D eigenvalue weighted by Gasteiger charge is -2.26. The lowest BCUT2D eigenvalue weighted by Crippen LogP contribution is -2.29. The van der Waals surface area contributed by atoms with E-state index in [0.717, 1.165) is 23.1 Å². The molecular formula is C26H20F3NO6. The van der Waals surface area contributed by atoms with Crippen LogP contribution in [-0.4, -0.2) is 36.1 Å². The molecule has 1 atom stereocenters. The van der Waals surface area contributed by atoms with E-state index in [1.807, 2.05) is 0 Å². The number of rotatable bonds is 5. The Morgan fingerprint density at radius 3 is 2.25 bits per heavy atom. The highest BCUT2D eigenvalue weighted by Crippen LogP contribution is 2.45. The average Bonchev–Trinajstić information content (AvgIpc) is 3.13. The number of ether oxygens (including phenoxy) is 2. The van der Waals surface area contributed by atoms with Gasteiger partial charge in [0.1, 0.15) is 11.5 Å². The Hall–Kier alpha value is -4.47. The van der Waals surface area contributed by atoms with Crippen molar-refractivity contribution in [1.29, 1.82) is 0 Å². The summed E-state index contributed by atoms with van der Waals surface area (Å²) in [5.41, 5.74) is -1.14. The van der Waals surface area contributed by atoms with Crippen LogP contribution in [0.15, 0.2) is 72.3 Å². The highest BCUT2D eigenvalue weighted by atomic mass is 19.4. The van der Waals surface area contributed by atoms with Gasteiger partial charge in [-0.1, -0.05) is 12.1 Å². The smallest absolute Gasteiger partial charge is 0.416 e. The van der Waals surface area contributed by atoms with Gasteiger partial charge >= 0.3 is 6.18 Å². The van der Waals surface area contributed by atoms with Crippen molar-refractivity contribution in [2.45, 2.75) is 12.2 Å². The molecule has 7 nitrogen and oxygen atoms in total. The largest absolute Gasteiger partial charge is 0.507 e. The van der Waals surface area contributed by atoms with Gasteiger partial charge in [-0.05, 0) is 60.2 Å². The van der Waals surface area contributed by atoms with E-state index in [1.54, 1.807) is 0 Å². The zero-order chi connectivity index (χ0) is 26.2. The van der Waals surface area contributed by atoms with E-state index in [2.05, 4.69) is 0 Å². The predicted octanol–water partition coefficient (Wildman–Crippen LogP) is 5.05. The Morgan fingerprint density at radius 2 is 1.64 bits per heavy atom. The number of hydrogen-bond acceptors (Lipinski definition) is 6. The van der Waals surface area contributed by atoms with Gasteiger partial charge in [0, 0.05) is 11.3 Å². The summed E-state index contributed by atoms with van der Waals surface area (Å²) in [6, 6.07) is 12.7. The average molecular weight is 499 g/mol. The number of aliphatic hydroxyl groups is 1. The Bertz CT molecular complexity index is 1360. The number of carbonyl (C=O) groups excluding carboxylic acids is 2. The SMILES string of the molecule is COc1ccc(C(O)=C2C(=O)C(=O)N(c3cccc(C(F)(F)F)c3)C2c2ccc(O)c(OC)c2)cc1. The molecule has 0 radical (unpaired) electrons. The molecule has 1 aliphatic heterocycles. The number of anilines is 1. The van der Waals surface area contributed by atoms with Crippen molar-refractivity contribution in [1.82, 2.24) is 0 Å². The van der Waals surface area contributed by atoms with Gasteiger partial charge in [-0.25, -0.2) is 0 Å². The van der Waals surface area contributed by atoms with Crippen LogP contribution in [0.5, 0.6) is 17.2 Å². The number of phenolic OH excluding ortho intramolecular Hbond substituents is 1. The number of benzene rings is 3. The number of nitrogens with zero attached hydrogens (tertiary/aromatic N) is 1.